The fourth-order valence-electron chi connectivity index (χ4n) is 3.34. The van der Waals surface area contributed by atoms with Crippen LogP contribution in [0.1, 0.15) is 15.9 Å². The molecule has 4 aromatic rings. The highest BCUT2D eigenvalue weighted by atomic mass is 32.2. The second-order valence-electron chi connectivity index (χ2n) is 7.30. The van der Waals surface area contributed by atoms with E-state index in [2.05, 4.69) is 15.6 Å². The Kier molecular flexibility index (Phi) is 7.34. The zero-order chi connectivity index (χ0) is 24.1. The van der Waals surface area contributed by atoms with E-state index in [1.54, 1.807) is 37.4 Å². The monoisotopic (exact) mass is 493 g/mol. The van der Waals surface area contributed by atoms with E-state index in [4.69, 9.17) is 9.47 Å². The number of hydrogen-bond acceptors (Lipinski definition) is 7. The van der Waals surface area contributed by atoms with Crippen LogP contribution in [0.25, 0.3) is 10.2 Å². The lowest BCUT2D eigenvalue weighted by atomic mass is 10.2. The summed E-state index contributed by atoms with van der Waals surface area (Å²) in [6.07, 6.45) is 0. The number of carbonyl (C=O) groups is 2. The van der Waals surface area contributed by atoms with Crippen LogP contribution in [0, 0.1) is 6.92 Å². The largest absolute Gasteiger partial charge is 0.493 e. The predicted octanol–water partition coefficient (Wildman–Crippen LogP) is 5.61. The third kappa shape index (κ3) is 5.32. The molecule has 0 atom stereocenters. The molecule has 2 amide bonds. The van der Waals surface area contributed by atoms with E-state index >= 15 is 0 Å². The number of para-hydroxylation sites is 1. The zero-order valence-corrected chi connectivity index (χ0v) is 20.5. The molecule has 0 bridgehead atoms. The van der Waals surface area contributed by atoms with Crippen LogP contribution in [0.2, 0.25) is 0 Å². The molecule has 4 rings (SSSR count). The molecule has 0 saturated heterocycles. The molecular weight excluding hydrogens is 470 g/mol. The van der Waals surface area contributed by atoms with Gasteiger partial charge in [0, 0.05) is 16.6 Å². The minimum Gasteiger partial charge on any atom is -0.493 e. The Labute approximate surface area is 205 Å². The number of thioether (sulfide) groups is 1. The molecule has 0 aliphatic carbocycles. The molecule has 1 aromatic heterocycles. The van der Waals surface area contributed by atoms with Crippen LogP contribution >= 0.6 is 23.1 Å². The first-order valence-corrected chi connectivity index (χ1v) is 12.2. The van der Waals surface area contributed by atoms with Crippen LogP contribution in [-0.2, 0) is 4.79 Å². The van der Waals surface area contributed by atoms with Crippen LogP contribution in [-0.4, -0.2) is 36.8 Å². The van der Waals surface area contributed by atoms with Crippen molar-refractivity contribution in [3.05, 3.63) is 71.8 Å². The Balaban J connectivity index is 1.42. The number of thiazole rings is 1. The topological polar surface area (TPSA) is 89.5 Å². The van der Waals surface area contributed by atoms with Gasteiger partial charge in [-0.2, -0.15) is 0 Å². The van der Waals surface area contributed by atoms with E-state index in [0.29, 0.717) is 32.8 Å². The maximum Gasteiger partial charge on any atom is 0.258 e. The predicted molar refractivity (Wildman–Crippen MR) is 138 cm³/mol. The van der Waals surface area contributed by atoms with Gasteiger partial charge < -0.3 is 14.8 Å². The SMILES string of the molecule is COc1ccc(NC(=O)CSc2ccccc2C(=O)Nc2nc3c(C)cccc3s2)cc1OC. The normalized spacial score (nSPS) is 10.7. The van der Waals surface area contributed by atoms with E-state index in [9.17, 15) is 9.59 Å². The van der Waals surface area contributed by atoms with E-state index in [0.717, 1.165) is 15.8 Å². The number of ether oxygens (including phenoxy) is 2. The lowest BCUT2D eigenvalue weighted by Gasteiger charge is -2.11. The number of benzene rings is 3. The summed E-state index contributed by atoms with van der Waals surface area (Å²) >= 11 is 2.72. The molecule has 34 heavy (non-hydrogen) atoms. The summed E-state index contributed by atoms with van der Waals surface area (Å²) in [5.41, 5.74) is 3.03. The highest BCUT2D eigenvalue weighted by molar-refractivity contribution is 8.00. The number of carbonyl (C=O) groups excluding carboxylic acids is 2. The molecule has 174 valence electrons. The molecule has 3 aromatic carbocycles. The molecule has 9 heteroatoms. The third-order valence-electron chi connectivity index (χ3n) is 5.00. The summed E-state index contributed by atoms with van der Waals surface area (Å²) in [7, 11) is 3.09. The van der Waals surface area contributed by atoms with E-state index in [1.807, 2.05) is 37.3 Å². The van der Waals surface area contributed by atoms with Gasteiger partial charge in [0.2, 0.25) is 5.91 Å². The van der Waals surface area contributed by atoms with Crippen molar-refractivity contribution in [3.63, 3.8) is 0 Å². The molecule has 0 saturated carbocycles. The summed E-state index contributed by atoms with van der Waals surface area (Å²) in [4.78, 5) is 30.8. The van der Waals surface area contributed by atoms with E-state index in [1.165, 1.54) is 30.2 Å². The minimum atomic E-state index is -0.264. The number of fused-ring (bicyclic) bond motifs is 1. The van der Waals surface area contributed by atoms with Crippen molar-refractivity contribution in [1.82, 2.24) is 4.98 Å². The highest BCUT2D eigenvalue weighted by Crippen LogP contribution is 2.31. The number of amides is 2. The van der Waals surface area contributed by atoms with Crippen molar-refractivity contribution in [3.8, 4) is 11.5 Å². The standard InChI is InChI=1S/C25H23N3O4S2/c1-15-7-6-10-21-23(15)27-25(34-21)28-24(30)17-8-4-5-9-20(17)33-14-22(29)26-16-11-12-18(31-2)19(13-16)32-3/h4-13H,14H2,1-3H3,(H,26,29)(H,27,28,30). The fourth-order valence-corrected chi connectivity index (χ4v) is 5.13. The Morgan fingerprint density at radius 2 is 1.76 bits per heavy atom. The number of aryl methyl sites for hydroxylation is 1. The molecule has 7 nitrogen and oxygen atoms in total. The van der Waals surface area contributed by atoms with Gasteiger partial charge in [0.1, 0.15) is 0 Å². The van der Waals surface area contributed by atoms with Crippen LogP contribution < -0.4 is 20.1 Å². The quantitative estimate of drug-likeness (QED) is 0.310. The van der Waals surface area contributed by atoms with Gasteiger partial charge in [0.15, 0.2) is 16.6 Å². The number of anilines is 2. The number of hydrogen-bond donors (Lipinski definition) is 2. The number of nitrogens with zero attached hydrogens (tertiary/aromatic N) is 1. The first kappa shape index (κ1) is 23.6. The van der Waals surface area contributed by atoms with Gasteiger partial charge in [-0.15, -0.1) is 11.8 Å². The average Bonchev–Trinajstić information content (AvgIpc) is 3.26. The van der Waals surface area contributed by atoms with Crippen molar-refractivity contribution < 1.29 is 19.1 Å². The van der Waals surface area contributed by atoms with Crippen molar-refractivity contribution in [1.29, 1.82) is 0 Å². The molecule has 0 spiro atoms. The molecule has 0 unspecified atom stereocenters. The molecule has 0 radical (unpaired) electrons. The van der Waals surface area contributed by atoms with Gasteiger partial charge in [0.25, 0.3) is 5.91 Å². The third-order valence-corrected chi connectivity index (χ3v) is 7.01. The smallest absolute Gasteiger partial charge is 0.258 e. The molecule has 0 fully saturated rings. The van der Waals surface area contributed by atoms with Crippen molar-refractivity contribution in [2.75, 3.05) is 30.6 Å². The fraction of sp³-hybridized carbons (Fsp3) is 0.160. The summed E-state index contributed by atoms with van der Waals surface area (Å²) in [5.74, 6) is 0.784. The summed E-state index contributed by atoms with van der Waals surface area (Å²) in [6, 6.07) is 18.3. The average molecular weight is 494 g/mol. The van der Waals surface area contributed by atoms with Crippen molar-refractivity contribution in [2.24, 2.45) is 0 Å². The Hall–Kier alpha value is -3.56. The van der Waals surface area contributed by atoms with Gasteiger partial charge in [-0.05, 0) is 42.8 Å². The van der Waals surface area contributed by atoms with Gasteiger partial charge >= 0.3 is 0 Å². The van der Waals surface area contributed by atoms with Gasteiger partial charge in [-0.1, -0.05) is 35.6 Å². The Morgan fingerprint density at radius 1 is 0.971 bits per heavy atom. The second kappa shape index (κ2) is 10.6. The molecule has 2 N–H and O–H groups in total. The maximum absolute atomic E-state index is 13.0. The summed E-state index contributed by atoms with van der Waals surface area (Å²) < 4.78 is 11.5. The minimum absolute atomic E-state index is 0.138. The second-order valence-corrected chi connectivity index (χ2v) is 9.35. The lowest BCUT2D eigenvalue weighted by Crippen LogP contribution is -2.16. The van der Waals surface area contributed by atoms with Crippen LogP contribution in [0.15, 0.2) is 65.6 Å². The maximum atomic E-state index is 13.0. The lowest BCUT2D eigenvalue weighted by molar-refractivity contribution is -0.113. The van der Waals surface area contributed by atoms with Gasteiger partial charge in [-0.3, -0.25) is 14.9 Å². The molecule has 0 aliphatic rings. The van der Waals surface area contributed by atoms with Crippen LogP contribution in [0.5, 0.6) is 11.5 Å². The molecular formula is C25H23N3O4S2. The van der Waals surface area contributed by atoms with Crippen molar-refractivity contribution >= 4 is 55.9 Å². The van der Waals surface area contributed by atoms with Crippen molar-refractivity contribution in [2.45, 2.75) is 11.8 Å². The van der Waals surface area contributed by atoms with Gasteiger partial charge in [-0.25, -0.2) is 4.98 Å². The number of rotatable bonds is 8. The summed E-state index contributed by atoms with van der Waals surface area (Å²) in [5, 5.41) is 6.28. The van der Waals surface area contributed by atoms with Crippen LogP contribution in [0.3, 0.4) is 0 Å². The van der Waals surface area contributed by atoms with Gasteiger partial charge in [0.05, 0.1) is 35.8 Å². The summed E-state index contributed by atoms with van der Waals surface area (Å²) in [6.45, 7) is 1.99. The zero-order valence-electron chi connectivity index (χ0n) is 18.9. The first-order valence-electron chi connectivity index (χ1n) is 10.4. The number of aromatic nitrogens is 1. The molecule has 1 heterocycles. The molecule has 0 aliphatic heterocycles. The van der Waals surface area contributed by atoms with Crippen LogP contribution in [0.4, 0.5) is 10.8 Å². The Morgan fingerprint density at radius 3 is 2.53 bits per heavy atom. The highest BCUT2D eigenvalue weighted by Gasteiger charge is 2.16. The number of nitrogens with one attached hydrogen (secondary N) is 2. The van der Waals surface area contributed by atoms with E-state index < -0.39 is 0 Å². The first-order chi connectivity index (χ1) is 16.5. The Bertz CT molecular complexity index is 1350. The number of methoxy groups -OCH3 is 2. The van der Waals surface area contributed by atoms with E-state index in [-0.39, 0.29) is 17.6 Å².